The van der Waals surface area contributed by atoms with E-state index in [1.807, 2.05) is 9.80 Å². The lowest BCUT2D eigenvalue weighted by Gasteiger charge is -2.40. The molecule has 9 nitrogen and oxygen atoms in total. The second-order valence-electron chi connectivity index (χ2n) is 9.26. The van der Waals surface area contributed by atoms with Crippen LogP contribution < -0.4 is 20.1 Å². The van der Waals surface area contributed by atoms with Crippen LogP contribution in [0.5, 0.6) is 11.5 Å². The summed E-state index contributed by atoms with van der Waals surface area (Å²) in [5.41, 5.74) is 7.15. The van der Waals surface area contributed by atoms with Crippen molar-refractivity contribution in [1.82, 2.24) is 19.8 Å². The van der Waals surface area contributed by atoms with Gasteiger partial charge in [-0.25, -0.2) is 13.8 Å². The first-order valence-electron chi connectivity index (χ1n) is 12.3. The Labute approximate surface area is 213 Å². The summed E-state index contributed by atoms with van der Waals surface area (Å²) in [6.07, 6.45) is 1.43. The lowest BCUT2D eigenvalue weighted by atomic mass is 9.98. The van der Waals surface area contributed by atoms with Crippen molar-refractivity contribution >= 4 is 28.6 Å². The molecule has 2 N–H and O–H groups in total. The van der Waals surface area contributed by atoms with Gasteiger partial charge in [-0.05, 0) is 43.3 Å². The Morgan fingerprint density at radius 3 is 2.32 bits per heavy atom. The zero-order chi connectivity index (χ0) is 26.1. The molecule has 1 unspecified atom stereocenters. The van der Waals surface area contributed by atoms with Gasteiger partial charge in [0.05, 0.1) is 14.2 Å². The van der Waals surface area contributed by atoms with E-state index in [-0.39, 0.29) is 40.6 Å². The van der Waals surface area contributed by atoms with E-state index in [1.165, 1.54) is 26.4 Å². The highest BCUT2D eigenvalue weighted by Crippen LogP contribution is 2.37. The van der Waals surface area contributed by atoms with E-state index in [0.717, 1.165) is 25.1 Å². The summed E-state index contributed by atoms with van der Waals surface area (Å²) in [5, 5.41) is 0.338. The number of amides is 1. The van der Waals surface area contributed by atoms with Crippen LogP contribution in [0.4, 0.5) is 20.5 Å². The number of nitrogen functional groups attached to an aromatic ring is 1. The molecular weight excluding hydrogens is 482 g/mol. The minimum Gasteiger partial charge on any atom is -0.493 e. The van der Waals surface area contributed by atoms with Gasteiger partial charge in [0.15, 0.2) is 17.3 Å². The second kappa shape index (κ2) is 10.3. The number of hydrogen-bond acceptors (Lipinski definition) is 8. The maximum absolute atomic E-state index is 15.1. The van der Waals surface area contributed by atoms with E-state index in [4.69, 9.17) is 15.2 Å². The third-order valence-corrected chi connectivity index (χ3v) is 7.16. The van der Waals surface area contributed by atoms with Crippen LogP contribution in [0.1, 0.15) is 24.4 Å². The van der Waals surface area contributed by atoms with Crippen molar-refractivity contribution in [1.29, 1.82) is 0 Å². The van der Waals surface area contributed by atoms with Crippen molar-refractivity contribution in [3.63, 3.8) is 0 Å². The molecule has 2 saturated heterocycles. The van der Waals surface area contributed by atoms with E-state index in [9.17, 15) is 9.18 Å². The summed E-state index contributed by atoms with van der Waals surface area (Å²) in [5.74, 6) is -0.320. The number of likely N-dealkylation sites (tertiary alicyclic amines) is 1. The normalized spacial score (nSPS) is 17.0. The molecule has 196 valence electrons. The quantitative estimate of drug-likeness (QED) is 0.516. The summed E-state index contributed by atoms with van der Waals surface area (Å²) in [7, 11) is 2.78. The van der Waals surface area contributed by atoms with Crippen molar-refractivity contribution in [2.45, 2.75) is 18.9 Å². The molecule has 0 spiro atoms. The Balaban J connectivity index is 1.29. The Hall–Kier alpha value is -3.73. The summed E-state index contributed by atoms with van der Waals surface area (Å²) in [6.45, 7) is 3.77. The van der Waals surface area contributed by atoms with Crippen molar-refractivity contribution in [2.24, 2.45) is 0 Å². The molecule has 0 radical (unpaired) electrons. The van der Waals surface area contributed by atoms with Gasteiger partial charge < -0.3 is 25.0 Å². The molecule has 2 aliphatic rings. The van der Waals surface area contributed by atoms with Gasteiger partial charge >= 0.3 is 0 Å². The van der Waals surface area contributed by atoms with Crippen LogP contribution in [0.15, 0.2) is 30.3 Å². The molecular formula is C26H30F2N6O3. The molecule has 1 aromatic heterocycles. The Morgan fingerprint density at radius 2 is 1.73 bits per heavy atom. The minimum absolute atomic E-state index is 0.0442. The van der Waals surface area contributed by atoms with Crippen LogP contribution in [-0.2, 0) is 4.79 Å². The third kappa shape index (κ3) is 4.83. The molecule has 11 heteroatoms. The summed E-state index contributed by atoms with van der Waals surface area (Å²) < 4.78 is 38.9. The number of carbonyl (C=O) groups is 1. The van der Waals surface area contributed by atoms with E-state index in [1.54, 1.807) is 18.2 Å². The van der Waals surface area contributed by atoms with Gasteiger partial charge in [-0.15, -0.1) is 0 Å². The Kier molecular flexibility index (Phi) is 6.96. The van der Waals surface area contributed by atoms with Gasteiger partial charge in [-0.1, -0.05) is 12.1 Å². The predicted molar refractivity (Wildman–Crippen MR) is 136 cm³/mol. The molecule has 0 bridgehead atoms. The SMILES string of the molecule is COc1cc2c(N)nc(N3CCN(C(=O)CC(c4ccc(F)cc4)N4CCC4)CC3)nc2c(F)c1OC. The highest BCUT2D eigenvalue weighted by Gasteiger charge is 2.31. The highest BCUT2D eigenvalue weighted by atomic mass is 19.1. The van der Waals surface area contributed by atoms with Crippen molar-refractivity contribution in [3.05, 3.63) is 47.5 Å². The molecule has 1 atom stereocenters. The first-order chi connectivity index (χ1) is 17.9. The number of anilines is 2. The van der Waals surface area contributed by atoms with Crippen LogP contribution in [0.2, 0.25) is 0 Å². The predicted octanol–water partition coefficient (Wildman–Crippen LogP) is 2.99. The zero-order valence-corrected chi connectivity index (χ0v) is 20.9. The van der Waals surface area contributed by atoms with E-state index in [0.29, 0.717) is 43.9 Å². The second-order valence-corrected chi connectivity index (χ2v) is 9.26. The lowest BCUT2D eigenvalue weighted by molar-refractivity contribution is -0.133. The fourth-order valence-electron chi connectivity index (χ4n) is 4.93. The molecule has 2 fully saturated rings. The van der Waals surface area contributed by atoms with E-state index >= 15 is 4.39 Å². The summed E-state index contributed by atoms with van der Waals surface area (Å²) in [4.78, 5) is 28.0. The molecule has 3 heterocycles. The van der Waals surface area contributed by atoms with Crippen LogP contribution in [0.3, 0.4) is 0 Å². The summed E-state index contributed by atoms with van der Waals surface area (Å²) in [6, 6.07) is 7.88. The highest BCUT2D eigenvalue weighted by molar-refractivity contribution is 5.92. The van der Waals surface area contributed by atoms with Gasteiger partial charge in [0.2, 0.25) is 11.9 Å². The number of hydrogen-bond donors (Lipinski definition) is 1. The van der Waals surface area contributed by atoms with Crippen LogP contribution in [0.25, 0.3) is 10.9 Å². The third-order valence-electron chi connectivity index (χ3n) is 7.16. The fourth-order valence-corrected chi connectivity index (χ4v) is 4.93. The maximum Gasteiger partial charge on any atom is 0.228 e. The van der Waals surface area contributed by atoms with Crippen LogP contribution >= 0.6 is 0 Å². The average Bonchev–Trinajstić information content (AvgIpc) is 2.88. The Morgan fingerprint density at radius 1 is 1.03 bits per heavy atom. The van der Waals surface area contributed by atoms with Crippen molar-refractivity contribution in [2.75, 3.05) is 64.1 Å². The van der Waals surface area contributed by atoms with Crippen molar-refractivity contribution in [3.8, 4) is 11.5 Å². The molecule has 0 saturated carbocycles. The number of nitrogens with two attached hydrogens (primary N) is 1. The van der Waals surface area contributed by atoms with Crippen molar-refractivity contribution < 1.29 is 23.0 Å². The first kappa shape index (κ1) is 24.9. The number of methoxy groups -OCH3 is 2. The molecule has 1 amide bonds. The van der Waals surface area contributed by atoms with Gasteiger partial charge in [-0.3, -0.25) is 9.69 Å². The standard InChI is InChI=1S/C26H30F2N6O3/c1-36-20-14-18-23(22(28)24(20)37-2)30-26(31-25(18)29)34-12-10-33(11-13-34)21(35)15-19(32-8-3-9-32)16-4-6-17(27)7-5-16/h4-7,14,19H,3,8-13,15H2,1-2H3,(H2,29,30,31). The van der Waals surface area contributed by atoms with Gasteiger partial charge in [0.1, 0.15) is 17.2 Å². The number of ether oxygens (including phenoxy) is 2. The number of halogens is 2. The topological polar surface area (TPSA) is 97.0 Å². The monoisotopic (exact) mass is 512 g/mol. The van der Waals surface area contributed by atoms with Crippen LogP contribution in [-0.4, -0.2) is 79.2 Å². The summed E-state index contributed by atoms with van der Waals surface area (Å²) >= 11 is 0. The molecule has 0 aliphatic carbocycles. The average molecular weight is 513 g/mol. The number of rotatable bonds is 7. The van der Waals surface area contributed by atoms with Gasteiger partial charge in [0.25, 0.3) is 0 Å². The maximum atomic E-state index is 15.1. The first-order valence-corrected chi connectivity index (χ1v) is 12.3. The van der Waals surface area contributed by atoms with E-state index in [2.05, 4.69) is 14.9 Å². The molecule has 2 aromatic carbocycles. The van der Waals surface area contributed by atoms with Gasteiger partial charge in [-0.2, -0.15) is 4.98 Å². The van der Waals surface area contributed by atoms with E-state index < -0.39 is 5.82 Å². The Bertz CT molecular complexity index is 1290. The number of aromatic nitrogens is 2. The number of carbonyl (C=O) groups excluding carboxylic acids is 1. The number of benzene rings is 2. The van der Waals surface area contributed by atoms with Crippen LogP contribution in [0, 0.1) is 11.6 Å². The zero-order valence-electron chi connectivity index (χ0n) is 20.9. The fraction of sp³-hybridized carbons (Fsp3) is 0.423. The smallest absolute Gasteiger partial charge is 0.228 e. The molecule has 5 rings (SSSR count). The lowest BCUT2D eigenvalue weighted by Crippen LogP contribution is -2.50. The number of piperazine rings is 1. The van der Waals surface area contributed by atoms with Gasteiger partial charge in [0, 0.05) is 44.0 Å². The molecule has 2 aliphatic heterocycles. The minimum atomic E-state index is -0.668. The largest absolute Gasteiger partial charge is 0.493 e. The number of fused-ring (bicyclic) bond motifs is 1. The molecule has 3 aromatic rings. The number of nitrogens with zero attached hydrogens (tertiary/aromatic N) is 5. The molecule has 37 heavy (non-hydrogen) atoms.